The van der Waals surface area contributed by atoms with E-state index in [9.17, 15) is 19.7 Å². The van der Waals surface area contributed by atoms with Crippen molar-refractivity contribution in [2.75, 3.05) is 10.6 Å². The van der Waals surface area contributed by atoms with Crippen LogP contribution in [0.3, 0.4) is 0 Å². The van der Waals surface area contributed by atoms with Crippen molar-refractivity contribution >= 4 is 45.4 Å². The molecule has 0 bridgehead atoms. The first-order valence-electron chi connectivity index (χ1n) is 9.99. The number of carboxylic acids is 1. The number of carbonyl (C=O) groups is 2. The van der Waals surface area contributed by atoms with Gasteiger partial charge in [-0.15, -0.1) is 0 Å². The summed E-state index contributed by atoms with van der Waals surface area (Å²) in [7, 11) is 0. The molecule has 0 unspecified atom stereocenters. The molecule has 0 saturated heterocycles. The van der Waals surface area contributed by atoms with Gasteiger partial charge in [-0.05, 0) is 58.5 Å². The number of hydrogen-bond donors (Lipinski definition) is 3. The van der Waals surface area contributed by atoms with Crippen molar-refractivity contribution in [1.29, 1.82) is 0 Å². The number of carboxylic acid groups (broad SMARTS) is 1. The standard InChI is InChI=1S/C24H16N4O5/c29-23(30)10-13-1-5-19-21(9-13)27-24(31)17-3-2-14(11-20(17)26-19)15-4-6-22(28(32)33)18-12-25-8-7-16(15)18/h1-9,11-12,26H,10H2,(H,27,31)(H,29,30). The van der Waals surface area contributed by atoms with Crippen molar-refractivity contribution in [2.24, 2.45) is 0 Å². The molecule has 1 amide bonds. The SMILES string of the molecule is O=C(O)Cc1ccc2c(c1)NC(=O)c1ccc(-c3ccc([N+](=O)[O-])c4cnccc34)cc1N2. The number of aliphatic carboxylic acids is 1. The summed E-state index contributed by atoms with van der Waals surface area (Å²) in [5.74, 6) is -1.28. The molecule has 3 aromatic carbocycles. The second-order valence-electron chi connectivity index (χ2n) is 7.60. The molecule has 1 aliphatic heterocycles. The van der Waals surface area contributed by atoms with Crippen LogP contribution in [0.15, 0.2) is 67.0 Å². The lowest BCUT2D eigenvalue weighted by atomic mass is 9.96. The van der Waals surface area contributed by atoms with E-state index in [1.54, 1.807) is 48.7 Å². The largest absolute Gasteiger partial charge is 0.481 e. The van der Waals surface area contributed by atoms with Gasteiger partial charge >= 0.3 is 5.97 Å². The average Bonchev–Trinajstić information content (AvgIpc) is 2.92. The van der Waals surface area contributed by atoms with Gasteiger partial charge in [0.05, 0.1) is 39.4 Å². The Hall–Kier alpha value is -4.79. The van der Waals surface area contributed by atoms with Crippen LogP contribution >= 0.6 is 0 Å². The maximum absolute atomic E-state index is 12.8. The number of pyridine rings is 1. The number of nitro benzene ring substituents is 1. The molecule has 4 aromatic rings. The van der Waals surface area contributed by atoms with Crippen molar-refractivity contribution in [1.82, 2.24) is 4.98 Å². The molecule has 0 aliphatic carbocycles. The van der Waals surface area contributed by atoms with Gasteiger partial charge in [-0.1, -0.05) is 12.1 Å². The lowest BCUT2D eigenvalue weighted by molar-refractivity contribution is -0.383. The topological polar surface area (TPSA) is 134 Å². The molecule has 0 spiro atoms. The van der Waals surface area contributed by atoms with Gasteiger partial charge in [-0.3, -0.25) is 24.7 Å². The Bertz CT molecular complexity index is 1480. The van der Waals surface area contributed by atoms with Crippen LogP contribution in [-0.4, -0.2) is 26.9 Å². The number of amides is 1. The van der Waals surface area contributed by atoms with Gasteiger partial charge in [0, 0.05) is 18.5 Å². The number of non-ortho nitro benzene ring substituents is 1. The summed E-state index contributed by atoms with van der Waals surface area (Å²) < 4.78 is 0. The fraction of sp³-hybridized carbons (Fsp3) is 0.0417. The van der Waals surface area contributed by atoms with Crippen LogP contribution < -0.4 is 10.6 Å². The zero-order chi connectivity index (χ0) is 23.1. The summed E-state index contributed by atoms with van der Waals surface area (Å²) in [6, 6.07) is 15.2. The minimum absolute atomic E-state index is 0.0276. The molecule has 2 heterocycles. The predicted molar refractivity (Wildman–Crippen MR) is 123 cm³/mol. The number of rotatable bonds is 4. The first-order valence-corrected chi connectivity index (χ1v) is 9.99. The van der Waals surface area contributed by atoms with E-state index in [4.69, 9.17) is 5.11 Å². The third-order valence-corrected chi connectivity index (χ3v) is 5.52. The molecule has 0 radical (unpaired) electrons. The van der Waals surface area contributed by atoms with E-state index in [2.05, 4.69) is 15.6 Å². The Kier molecular flexibility index (Phi) is 4.71. The zero-order valence-corrected chi connectivity index (χ0v) is 17.0. The fourth-order valence-corrected chi connectivity index (χ4v) is 4.02. The molecule has 9 nitrogen and oxygen atoms in total. The van der Waals surface area contributed by atoms with Gasteiger partial charge in [0.1, 0.15) is 0 Å². The highest BCUT2D eigenvalue weighted by Crippen LogP contribution is 2.38. The van der Waals surface area contributed by atoms with Crippen LogP contribution in [-0.2, 0) is 11.2 Å². The molecule has 162 valence electrons. The van der Waals surface area contributed by atoms with Gasteiger partial charge in [-0.25, -0.2) is 0 Å². The monoisotopic (exact) mass is 440 g/mol. The molecule has 1 aliphatic rings. The van der Waals surface area contributed by atoms with Gasteiger partial charge in [0.25, 0.3) is 11.6 Å². The van der Waals surface area contributed by atoms with Crippen molar-refractivity contribution in [3.63, 3.8) is 0 Å². The number of hydrogen-bond acceptors (Lipinski definition) is 6. The molecule has 5 rings (SSSR count). The quantitative estimate of drug-likeness (QED) is 0.308. The lowest BCUT2D eigenvalue weighted by Gasteiger charge is -2.12. The van der Waals surface area contributed by atoms with Crippen molar-refractivity contribution in [2.45, 2.75) is 6.42 Å². The Morgan fingerprint density at radius 3 is 2.55 bits per heavy atom. The first-order chi connectivity index (χ1) is 15.9. The third kappa shape index (κ3) is 3.61. The zero-order valence-electron chi connectivity index (χ0n) is 17.0. The van der Waals surface area contributed by atoms with Crippen LogP contribution in [0, 0.1) is 10.1 Å². The van der Waals surface area contributed by atoms with E-state index in [1.807, 2.05) is 6.07 Å². The molecule has 1 aromatic heterocycles. The molecule has 0 atom stereocenters. The minimum Gasteiger partial charge on any atom is -0.481 e. The number of nitrogens with zero attached hydrogens (tertiary/aromatic N) is 2. The van der Waals surface area contributed by atoms with E-state index in [0.29, 0.717) is 39.0 Å². The number of aromatic nitrogens is 1. The number of anilines is 3. The van der Waals surface area contributed by atoms with Crippen LogP contribution in [0.5, 0.6) is 0 Å². The highest BCUT2D eigenvalue weighted by atomic mass is 16.6. The van der Waals surface area contributed by atoms with Crippen molar-refractivity contribution < 1.29 is 19.6 Å². The Morgan fingerprint density at radius 1 is 0.939 bits per heavy atom. The summed E-state index contributed by atoms with van der Waals surface area (Å²) in [5.41, 5.74) is 4.18. The molecular weight excluding hydrogens is 424 g/mol. The average molecular weight is 440 g/mol. The second-order valence-corrected chi connectivity index (χ2v) is 7.60. The molecule has 0 fully saturated rings. The number of nitrogens with one attached hydrogen (secondary N) is 2. The Labute approximate surface area is 186 Å². The maximum atomic E-state index is 12.8. The van der Waals surface area contributed by atoms with Crippen molar-refractivity contribution in [3.8, 4) is 11.1 Å². The first kappa shape index (κ1) is 20.1. The maximum Gasteiger partial charge on any atom is 0.307 e. The summed E-state index contributed by atoms with van der Waals surface area (Å²) >= 11 is 0. The van der Waals surface area contributed by atoms with Gasteiger partial charge in [0.2, 0.25) is 0 Å². The van der Waals surface area contributed by atoms with Gasteiger partial charge < -0.3 is 15.7 Å². The van der Waals surface area contributed by atoms with Crippen molar-refractivity contribution in [3.05, 3.63) is 88.2 Å². The molecular formula is C24H16N4O5. The van der Waals surface area contributed by atoms with E-state index < -0.39 is 10.9 Å². The van der Waals surface area contributed by atoms with E-state index in [-0.39, 0.29) is 18.0 Å². The van der Waals surface area contributed by atoms with Gasteiger partial charge in [0.15, 0.2) is 0 Å². The minimum atomic E-state index is -0.957. The number of fused-ring (bicyclic) bond motifs is 3. The van der Waals surface area contributed by atoms with Crippen LogP contribution in [0.1, 0.15) is 15.9 Å². The predicted octanol–water partition coefficient (Wildman–Crippen LogP) is 4.75. The summed E-state index contributed by atoms with van der Waals surface area (Å²) in [6.45, 7) is 0. The Morgan fingerprint density at radius 2 is 1.76 bits per heavy atom. The van der Waals surface area contributed by atoms with E-state index in [1.165, 1.54) is 12.3 Å². The van der Waals surface area contributed by atoms with E-state index in [0.717, 1.165) is 11.1 Å². The van der Waals surface area contributed by atoms with Gasteiger partial charge in [-0.2, -0.15) is 0 Å². The fourth-order valence-electron chi connectivity index (χ4n) is 4.02. The Balaban J connectivity index is 1.60. The summed E-state index contributed by atoms with van der Waals surface area (Å²) in [5, 5.41) is 27.6. The van der Waals surface area contributed by atoms with Crippen LogP contribution in [0.4, 0.5) is 22.7 Å². The molecule has 9 heteroatoms. The van der Waals surface area contributed by atoms with Crippen LogP contribution in [0.2, 0.25) is 0 Å². The van der Waals surface area contributed by atoms with E-state index >= 15 is 0 Å². The third-order valence-electron chi connectivity index (χ3n) is 5.52. The number of nitro groups is 1. The lowest BCUT2D eigenvalue weighted by Crippen LogP contribution is -2.11. The number of benzene rings is 3. The highest BCUT2D eigenvalue weighted by Gasteiger charge is 2.21. The molecule has 0 saturated carbocycles. The van der Waals surface area contributed by atoms with Crippen LogP contribution in [0.25, 0.3) is 21.9 Å². The molecule has 33 heavy (non-hydrogen) atoms. The molecule has 3 N–H and O–H groups in total. The summed E-state index contributed by atoms with van der Waals surface area (Å²) in [4.78, 5) is 38.9. The highest BCUT2D eigenvalue weighted by molar-refractivity contribution is 6.13. The smallest absolute Gasteiger partial charge is 0.307 e. The summed E-state index contributed by atoms with van der Waals surface area (Å²) in [6.07, 6.45) is 2.90. The number of carbonyl (C=O) groups excluding carboxylic acids is 1. The normalized spacial score (nSPS) is 12.2. The second kappa shape index (κ2) is 7.72.